The van der Waals surface area contributed by atoms with Gasteiger partial charge in [-0.3, -0.25) is 4.57 Å². The second kappa shape index (κ2) is 12.6. The second-order valence-electron chi connectivity index (χ2n) is 10.9. The van der Waals surface area contributed by atoms with Crippen molar-refractivity contribution >= 4 is 28.6 Å². The predicted octanol–water partition coefficient (Wildman–Crippen LogP) is 4.89. The number of anilines is 3. The smallest absolute Gasteiger partial charge is 0.258 e. The van der Waals surface area contributed by atoms with Crippen molar-refractivity contribution < 1.29 is 23.9 Å². The van der Waals surface area contributed by atoms with E-state index in [1.807, 2.05) is 43.3 Å². The number of aryl methyl sites for hydroxylation is 1. The first-order valence-corrected chi connectivity index (χ1v) is 14.9. The first-order valence-electron chi connectivity index (χ1n) is 14.9. The number of nitrogens with one attached hydrogen (secondary N) is 2. The van der Waals surface area contributed by atoms with Crippen molar-refractivity contribution in [3.63, 3.8) is 0 Å². The SMILES string of the molecule is CCc1noc([C@H]2O[C@@H](n3cnc4c(NCC(c5ccccc5)c5ccccc5)nc(Nc5ccc(F)cc5)nc43)[C@H](O)[C@@H]2O)n1. The van der Waals surface area contributed by atoms with Crippen molar-refractivity contribution in [2.45, 2.75) is 43.8 Å². The van der Waals surface area contributed by atoms with Gasteiger partial charge in [0, 0.05) is 24.6 Å². The zero-order valence-corrected chi connectivity index (χ0v) is 24.7. The normalized spacial score (nSPS) is 19.6. The largest absolute Gasteiger partial charge is 0.387 e. The minimum atomic E-state index is -1.36. The summed E-state index contributed by atoms with van der Waals surface area (Å²) in [4.78, 5) is 18.3. The number of halogens is 1. The highest BCUT2D eigenvalue weighted by Gasteiger charge is 2.47. The topological polar surface area (TPSA) is 156 Å². The molecule has 0 unspecified atom stereocenters. The third kappa shape index (κ3) is 5.78. The van der Waals surface area contributed by atoms with E-state index in [0.29, 0.717) is 41.5 Å². The van der Waals surface area contributed by atoms with Crippen molar-refractivity contribution in [2.75, 3.05) is 17.2 Å². The molecule has 1 fully saturated rings. The van der Waals surface area contributed by atoms with Crippen LogP contribution in [0.5, 0.6) is 0 Å². The van der Waals surface area contributed by atoms with Crippen LogP contribution in [0.2, 0.25) is 0 Å². The number of benzene rings is 3. The Labute approximate surface area is 262 Å². The van der Waals surface area contributed by atoms with E-state index in [1.165, 1.54) is 23.0 Å². The molecule has 0 radical (unpaired) electrons. The quantitative estimate of drug-likeness (QED) is 0.165. The summed E-state index contributed by atoms with van der Waals surface area (Å²) in [5, 5.41) is 32.5. The molecule has 0 aliphatic carbocycles. The van der Waals surface area contributed by atoms with Crippen LogP contribution in [0.4, 0.5) is 21.8 Å². The Morgan fingerprint density at radius 3 is 2.24 bits per heavy atom. The van der Waals surface area contributed by atoms with Gasteiger partial charge in [-0.05, 0) is 35.4 Å². The first-order chi connectivity index (χ1) is 22.5. The number of fused-ring (bicyclic) bond motifs is 1. The zero-order valence-electron chi connectivity index (χ0n) is 24.7. The molecule has 7 rings (SSSR count). The van der Waals surface area contributed by atoms with Crippen molar-refractivity contribution in [3.05, 3.63) is 120 Å². The predicted molar refractivity (Wildman–Crippen MR) is 167 cm³/mol. The number of ether oxygens (including phenoxy) is 1. The van der Waals surface area contributed by atoms with Crippen LogP contribution in [0.3, 0.4) is 0 Å². The van der Waals surface area contributed by atoms with Gasteiger partial charge in [0.1, 0.15) is 18.0 Å². The Kier molecular flexibility index (Phi) is 8.09. The number of aliphatic hydroxyl groups is 2. The third-order valence-electron chi connectivity index (χ3n) is 7.96. The van der Waals surface area contributed by atoms with E-state index < -0.39 is 24.5 Å². The van der Waals surface area contributed by atoms with Gasteiger partial charge in [0.25, 0.3) is 5.89 Å². The molecule has 1 aliphatic rings. The highest BCUT2D eigenvalue weighted by molar-refractivity contribution is 5.85. The Hall–Kier alpha value is -5.24. The van der Waals surface area contributed by atoms with Crippen LogP contribution in [0.15, 0.2) is 95.8 Å². The molecular formula is C33H31FN8O4. The second-order valence-corrected chi connectivity index (χ2v) is 10.9. The number of hydrogen-bond donors (Lipinski definition) is 4. The molecule has 1 aliphatic heterocycles. The highest BCUT2D eigenvalue weighted by Crippen LogP contribution is 2.40. The van der Waals surface area contributed by atoms with Gasteiger partial charge in [0.2, 0.25) is 5.95 Å². The van der Waals surface area contributed by atoms with E-state index in [9.17, 15) is 14.6 Å². The van der Waals surface area contributed by atoms with Crippen LogP contribution in [0.1, 0.15) is 48.0 Å². The molecule has 3 aromatic heterocycles. The number of rotatable bonds is 10. The monoisotopic (exact) mass is 622 g/mol. The molecule has 4 atom stereocenters. The Morgan fingerprint density at radius 1 is 0.891 bits per heavy atom. The minimum Gasteiger partial charge on any atom is -0.387 e. The maximum absolute atomic E-state index is 13.6. The molecular weight excluding hydrogens is 591 g/mol. The molecule has 3 aromatic carbocycles. The van der Waals surface area contributed by atoms with Crippen LogP contribution in [0, 0.1) is 5.82 Å². The molecule has 0 bridgehead atoms. The summed E-state index contributed by atoms with van der Waals surface area (Å²) >= 11 is 0. The Balaban J connectivity index is 1.25. The van der Waals surface area contributed by atoms with Gasteiger partial charge in [-0.1, -0.05) is 72.7 Å². The molecule has 0 spiro atoms. The average molecular weight is 623 g/mol. The summed E-state index contributed by atoms with van der Waals surface area (Å²) in [6.45, 7) is 2.35. The van der Waals surface area contributed by atoms with Gasteiger partial charge in [-0.15, -0.1) is 0 Å². The lowest BCUT2D eigenvalue weighted by Crippen LogP contribution is -2.29. The van der Waals surface area contributed by atoms with Crippen LogP contribution >= 0.6 is 0 Å². The zero-order chi connectivity index (χ0) is 31.6. The lowest BCUT2D eigenvalue weighted by atomic mass is 9.91. The Morgan fingerprint density at radius 2 is 1.59 bits per heavy atom. The summed E-state index contributed by atoms with van der Waals surface area (Å²) in [5.41, 5.74) is 3.56. The molecule has 0 saturated carbocycles. The van der Waals surface area contributed by atoms with E-state index in [2.05, 4.69) is 50.0 Å². The number of imidazole rings is 1. The molecule has 4 N–H and O–H groups in total. The maximum Gasteiger partial charge on any atom is 0.258 e. The van der Waals surface area contributed by atoms with E-state index in [4.69, 9.17) is 19.2 Å². The summed E-state index contributed by atoms with van der Waals surface area (Å²) in [5.74, 6) is 0.775. The van der Waals surface area contributed by atoms with Crippen LogP contribution in [-0.4, -0.2) is 58.6 Å². The van der Waals surface area contributed by atoms with E-state index in [1.54, 1.807) is 12.1 Å². The number of aliphatic hydroxyl groups excluding tert-OH is 2. The number of nitrogens with zero attached hydrogens (tertiary/aromatic N) is 6. The molecule has 234 valence electrons. The van der Waals surface area contributed by atoms with Gasteiger partial charge in [0.05, 0.1) is 6.33 Å². The number of hydrogen-bond acceptors (Lipinski definition) is 11. The summed E-state index contributed by atoms with van der Waals surface area (Å²) < 4.78 is 26.6. The van der Waals surface area contributed by atoms with Crippen molar-refractivity contribution in [1.29, 1.82) is 0 Å². The standard InChI is InChI=1S/C33H31FN8O4/c1-2-24-38-31(46-41-24)28-26(43)27(44)32(45-28)42-18-36-25-29(39-33(40-30(25)42)37-22-15-13-21(34)14-16-22)35-17-23(19-9-5-3-6-10-19)20-11-7-4-8-12-20/h3-16,18,23,26-28,32,43-44H,2,17H2,1H3,(H2,35,37,39,40)/t26-,27+,28-,32+/m0/s1. The third-order valence-corrected chi connectivity index (χ3v) is 7.96. The van der Waals surface area contributed by atoms with Gasteiger partial charge in [0.15, 0.2) is 35.1 Å². The molecule has 46 heavy (non-hydrogen) atoms. The number of aromatic nitrogens is 6. The van der Waals surface area contributed by atoms with Gasteiger partial charge >= 0.3 is 0 Å². The van der Waals surface area contributed by atoms with Crippen LogP contribution in [0.25, 0.3) is 11.2 Å². The molecule has 13 heteroatoms. The lowest BCUT2D eigenvalue weighted by molar-refractivity contribution is -0.0451. The first kappa shape index (κ1) is 29.5. The lowest BCUT2D eigenvalue weighted by Gasteiger charge is -2.20. The Bertz CT molecular complexity index is 1880. The van der Waals surface area contributed by atoms with Crippen LogP contribution < -0.4 is 10.6 Å². The fourth-order valence-corrected chi connectivity index (χ4v) is 5.56. The molecule has 6 aromatic rings. The van der Waals surface area contributed by atoms with Crippen LogP contribution in [-0.2, 0) is 11.2 Å². The van der Waals surface area contributed by atoms with Gasteiger partial charge in [-0.25, -0.2) is 9.37 Å². The summed E-state index contributed by atoms with van der Waals surface area (Å²) in [6, 6.07) is 26.1. The van der Waals surface area contributed by atoms with Gasteiger partial charge in [-0.2, -0.15) is 15.0 Å². The maximum atomic E-state index is 13.6. The van der Waals surface area contributed by atoms with Gasteiger partial charge < -0.3 is 30.1 Å². The average Bonchev–Trinajstić information content (AvgIpc) is 3.81. The molecule has 12 nitrogen and oxygen atoms in total. The molecule has 1 saturated heterocycles. The van der Waals surface area contributed by atoms with E-state index >= 15 is 0 Å². The van der Waals surface area contributed by atoms with Crippen molar-refractivity contribution in [1.82, 2.24) is 29.7 Å². The van der Waals surface area contributed by atoms with E-state index in [0.717, 1.165) is 11.1 Å². The minimum absolute atomic E-state index is 0.0127. The fraction of sp³-hybridized carbons (Fsp3) is 0.242. The fourth-order valence-electron chi connectivity index (χ4n) is 5.56. The summed E-state index contributed by atoms with van der Waals surface area (Å²) in [6.07, 6.45) is -2.83. The van der Waals surface area contributed by atoms with Crippen molar-refractivity contribution in [3.8, 4) is 0 Å². The highest BCUT2D eigenvalue weighted by atomic mass is 19.1. The van der Waals surface area contributed by atoms with E-state index in [-0.39, 0.29) is 23.6 Å². The molecule has 4 heterocycles. The van der Waals surface area contributed by atoms with Crippen molar-refractivity contribution in [2.24, 2.45) is 0 Å². The summed E-state index contributed by atoms with van der Waals surface area (Å²) in [7, 11) is 0. The molecule has 0 amide bonds.